The van der Waals surface area contributed by atoms with Crippen molar-refractivity contribution >= 4 is 43.5 Å². The molecule has 1 aromatic carbocycles. The zero-order chi connectivity index (χ0) is 21.3. The van der Waals surface area contributed by atoms with Crippen LogP contribution in [0.4, 0.5) is 5.69 Å². The van der Waals surface area contributed by atoms with Gasteiger partial charge in [-0.3, -0.25) is 9.59 Å². The number of hydrogen-bond donors (Lipinski definition) is 2. The average Bonchev–Trinajstić information content (AvgIpc) is 3.07. The highest BCUT2D eigenvalue weighted by Gasteiger charge is 2.33. The Labute approximate surface area is 178 Å². The van der Waals surface area contributed by atoms with Crippen LogP contribution in [0.2, 0.25) is 0 Å². The summed E-state index contributed by atoms with van der Waals surface area (Å²) in [6, 6.07) is 6.86. The minimum atomic E-state index is -3.75. The number of nitrogens with one attached hydrogen (secondary N) is 1. The van der Waals surface area contributed by atoms with Gasteiger partial charge in [0.05, 0.1) is 0 Å². The lowest BCUT2D eigenvalue weighted by Crippen LogP contribution is -2.41. The number of anilines is 1. The van der Waals surface area contributed by atoms with Gasteiger partial charge >= 0.3 is 0 Å². The maximum Gasteiger partial charge on any atom is 0.265 e. The van der Waals surface area contributed by atoms with Gasteiger partial charge in [-0.15, -0.1) is 0 Å². The number of carbonyl (C=O) groups excluding carboxylic acids is 2. The topological polar surface area (TPSA) is 114 Å². The van der Waals surface area contributed by atoms with Gasteiger partial charge in [0.25, 0.3) is 5.91 Å². The first-order valence-electron chi connectivity index (χ1n) is 9.13. The Morgan fingerprint density at radius 2 is 1.86 bits per heavy atom. The Kier molecular flexibility index (Phi) is 6.16. The quantitative estimate of drug-likeness (QED) is 0.679. The molecule has 8 nitrogen and oxygen atoms in total. The fourth-order valence-electron chi connectivity index (χ4n) is 3.39. The first-order chi connectivity index (χ1) is 13.6. The SMILES string of the molecule is Cc1cc(NC(=O)C2CCN(S(=O)(=O)c3cc(C(N)=O)n(C)c3)CC2)ccc1Br. The summed E-state index contributed by atoms with van der Waals surface area (Å²) in [6.45, 7) is 2.41. The van der Waals surface area contributed by atoms with Crippen molar-refractivity contribution in [1.29, 1.82) is 0 Å². The largest absolute Gasteiger partial charge is 0.364 e. The second kappa shape index (κ2) is 8.29. The van der Waals surface area contributed by atoms with Gasteiger partial charge in [0.15, 0.2) is 0 Å². The predicted molar refractivity (Wildman–Crippen MR) is 113 cm³/mol. The van der Waals surface area contributed by atoms with Crippen molar-refractivity contribution in [1.82, 2.24) is 8.87 Å². The predicted octanol–water partition coefficient (Wildman–Crippen LogP) is 2.23. The normalized spacial score (nSPS) is 16.0. The maximum absolute atomic E-state index is 12.9. The molecule has 2 heterocycles. The lowest BCUT2D eigenvalue weighted by molar-refractivity contribution is -0.120. The molecule has 2 amide bonds. The van der Waals surface area contributed by atoms with Crippen LogP contribution >= 0.6 is 15.9 Å². The third-order valence-electron chi connectivity index (χ3n) is 5.12. The summed E-state index contributed by atoms with van der Waals surface area (Å²) in [5.74, 6) is -1.06. The molecule has 3 rings (SSSR count). The van der Waals surface area contributed by atoms with Crippen molar-refractivity contribution in [2.75, 3.05) is 18.4 Å². The van der Waals surface area contributed by atoms with E-state index in [1.165, 1.54) is 21.1 Å². The molecule has 29 heavy (non-hydrogen) atoms. The number of rotatable bonds is 5. The first kappa shape index (κ1) is 21.5. The van der Waals surface area contributed by atoms with E-state index in [1.807, 2.05) is 25.1 Å². The van der Waals surface area contributed by atoms with Crippen LogP contribution in [0.1, 0.15) is 28.9 Å². The highest BCUT2D eigenvalue weighted by atomic mass is 79.9. The standard InChI is InChI=1S/C19H23BrN4O4S/c1-12-9-14(3-4-16(12)20)22-19(26)13-5-7-24(8-6-13)29(27,28)15-10-17(18(21)25)23(2)11-15/h3-4,9-11,13H,5-8H2,1-2H3,(H2,21,25)(H,22,26). The van der Waals surface area contributed by atoms with E-state index in [2.05, 4.69) is 21.2 Å². The molecule has 10 heteroatoms. The number of halogens is 1. The Morgan fingerprint density at radius 3 is 2.41 bits per heavy atom. The molecule has 0 saturated carbocycles. The molecule has 2 aromatic rings. The summed E-state index contributed by atoms with van der Waals surface area (Å²) >= 11 is 3.43. The highest BCUT2D eigenvalue weighted by molar-refractivity contribution is 9.10. The van der Waals surface area contributed by atoms with Crippen LogP contribution in [0.25, 0.3) is 0 Å². The number of sulfonamides is 1. The number of nitrogens with zero attached hydrogens (tertiary/aromatic N) is 2. The summed E-state index contributed by atoms with van der Waals surface area (Å²) in [5, 5.41) is 2.91. The molecule has 156 valence electrons. The number of primary amides is 1. The van der Waals surface area contributed by atoms with Crippen molar-refractivity contribution in [3.05, 3.63) is 46.2 Å². The van der Waals surface area contributed by atoms with Gasteiger partial charge < -0.3 is 15.6 Å². The minimum absolute atomic E-state index is 0.0297. The lowest BCUT2D eigenvalue weighted by Gasteiger charge is -2.30. The Balaban J connectivity index is 1.64. The number of piperidine rings is 1. The van der Waals surface area contributed by atoms with Gasteiger partial charge in [0, 0.05) is 42.4 Å². The fraction of sp³-hybridized carbons (Fsp3) is 0.368. The van der Waals surface area contributed by atoms with E-state index in [0.29, 0.717) is 18.5 Å². The van der Waals surface area contributed by atoms with Gasteiger partial charge in [0.1, 0.15) is 10.6 Å². The smallest absolute Gasteiger partial charge is 0.265 e. The van der Waals surface area contributed by atoms with Gasteiger partial charge in [-0.1, -0.05) is 15.9 Å². The van der Waals surface area contributed by atoms with Crippen LogP contribution in [-0.2, 0) is 21.9 Å². The van der Waals surface area contributed by atoms with Gasteiger partial charge in [-0.2, -0.15) is 4.31 Å². The van der Waals surface area contributed by atoms with Gasteiger partial charge in [-0.05, 0) is 49.6 Å². The Bertz CT molecular complexity index is 1060. The molecule has 1 aliphatic rings. The van der Waals surface area contributed by atoms with Crippen LogP contribution in [-0.4, -0.2) is 42.2 Å². The van der Waals surface area contributed by atoms with Crippen LogP contribution in [0.5, 0.6) is 0 Å². The number of carbonyl (C=O) groups is 2. The van der Waals surface area contributed by atoms with Crippen LogP contribution in [0.15, 0.2) is 39.8 Å². The van der Waals surface area contributed by atoms with E-state index >= 15 is 0 Å². The number of benzene rings is 1. The minimum Gasteiger partial charge on any atom is -0.364 e. The molecule has 0 atom stereocenters. The molecule has 0 spiro atoms. The number of nitrogens with two attached hydrogens (primary N) is 1. The molecule has 0 aliphatic carbocycles. The third-order valence-corrected chi connectivity index (χ3v) is 7.87. The summed E-state index contributed by atoms with van der Waals surface area (Å²) in [6.07, 6.45) is 2.23. The fourth-order valence-corrected chi connectivity index (χ4v) is 5.18. The molecular weight excluding hydrogens is 460 g/mol. The maximum atomic E-state index is 12.9. The number of hydrogen-bond acceptors (Lipinski definition) is 4. The molecule has 3 N–H and O–H groups in total. The van der Waals surface area contributed by atoms with Gasteiger partial charge in [-0.25, -0.2) is 8.42 Å². The van der Waals surface area contributed by atoms with Crippen molar-refractivity contribution in [3.63, 3.8) is 0 Å². The summed E-state index contributed by atoms with van der Waals surface area (Å²) < 4.78 is 29.4. The van der Waals surface area contributed by atoms with E-state index in [9.17, 15) is 18.0 Å². The number of amides is 2. The Hall–Kier alpha value is -2.17. The zero-order valence-electron chi connectivity index (χ0n) is 16.2. The monoisotopic (exact) mass is 482 g/mol. The molecule has 1 fully saturated rings. The first-order valence-corrected chi connectivity index (χ1v) is 11.4. The molecule has 0 radical (unpaired) electrons. The highest BCUT2D eigenvalue weighted by Crippen LogP contribution is 2.26. The lowest BCUT2D eigenvalue weighted by atomic mass is 9.97. The molecule has 1 saturated heterocycles. The summed E-state index contributed by atoms with van der Waals surface area (Å²) in [4.78, 5) is 24.0. The van der Waals surface area contributed by atoms with Crippen LogP contribution < -0.4 is 11.1 Å². The van der Waals surface area contributed by atoms with E-state index in [1.54, 1.807) is 7.05 Å². The number of aryl methyl sites for hydroxylation is 2. The molecule has 0 bridgehead atoms. The molecule has 1 aliphatic heterocycles. The van der Waals surface area contributed by atoms with Crippen LogP contribution in [0, 0.1) is 12.8 Å². The second-order valence-corrected chi connectivity index (χ2v) is 9.96. The summed E-state index contributed by atoms with van der Waals surface area (Å²) in [5.41, 5.74) is 7.13. The van der Waals surface area contributed by atoms with E-state index in [0.717, 1.165) is 10.0 Å². The van der Waals surface area contributed by atoms with Gasteiger partial charge in [0.2, 0.25) is 15.9 Å². The zero-order valence-corrected chi connectivity index (χ0v) is 18.6. The van der Waals surface area contributed by atoms with Crippen LogP contribution in [0.3, 0.4) is 0 Å². The third kappa shape index (κ3) is 4.54. The van der Waals surface area contributed by atoms with Crippen molar-refractivity contribution in [2.24, 2.45) is 18.7 Å². The second-order valence-electron chi connectivity index (χ2n) is 7.17. The summed E-state index contributed by atoms with van der Waals surface area (Å²) in [7, 11) is -2.18. The molecular formula is C19H23BrN4O4S. The molecule has 1 aromatic heterocycles. The van der Waals surface area contributed by atoms with E-state index in [4.69, 9.17) is 5.73 Å². The van der Waals surface area contributed by atoms with Crippen molar-refractivity contribution in [2.45, 2.75) is 24.7 Å². The average molecular weight is 483 g/mol. The van der Waals surface area contributed by atoms with Crippen molar-refractivity contribution in [3.8, 4) is 0 Å². The number of aromatic nitrogens is 1. The molecule has 0 unspecified atom stereocenters. The van der Waals surface area contributed by atoms with E-state index < -0.39 is 15.9 Å². The van der Waals surface area contributed by atoms with Crippen molar-refractivity contribution < 1.29 is 18.0 Å². The van der Waals surface area contributed by atoms with E-state index in [-0.39, 0.29) is 35.5 Å². The Morgan fingerprint density at radius 1 is 1.21 bits per heavy atom.